The van der Waals surface area contributed by atoms with Gasteiger partial charge in [-0.1, -0.05) is 23.7 Å². The molecule has 32 heavy (non-hydrogen) atoms. The first kappa shape index (κ1) is 26.1. The number of carbonyl (C=O) groups excluding carboxylic acids is 2. The standard InChI is InChI=1S/C19H17ClN4O6S.Na/c1-3-30-19(26)17-16(22-21-14-7-5-4-6-13(14)20)18(25)24(23-17)15-9-8-12(10-11(15)2)31(27,28)29;/h4-10,16H,3H2,1-2H3,(H,27,28,29);/q;+1/p-1. The van der Waals surface area contributed by atoms with E-state index in [0.29, 0.717) is 10.7 Å². The Hall–Kier alpha value is -2.15. The molecule has 1 amide bonds. The van der Waals surface area contributed by atoms with Gasteiger partial charge in [0.05, 0.1) is 22.2 Å². The number of anilines is 1. The topological polar surface area (TPSA) is 141 Å². The van der Waals surface area contributed by atoms with Crippen molar-refractivity contribution in [1.29, 1.82) is 0 Å². The van der Waals surface area contributed by atoms with Gasteiger partial charge in [0.25, 0.3) is 5.91 Å². The van der Waals surface area contributed by atoms with Crippen LogP contribution in [0.2, 0.25) is 5.02 Å². The molecule has 1 unspecified atom stereocenters. The minimum atomic E-state index is -4.67. The van der Waals surface area contributed by atoms with Crippen molar-refractivity contribution in [2.45, 2.75) is 24.8 Å². The first-order valence-electron chi connectivity index (χ1n) is 8.95. The van der Waals surface area contributed by atoms with Crippen LogP contribution in [0.15, 0.2) is 62.7 Å². The van der Waals surface area contributed by atoms with Crippen LogP contribution in [0.3, 0.4) is 0 Å². The van der Waals surface area contributed by atoms with Gasteiger partial charge in [0.1, 0.15) is 15.8 Å². The summed E-state index contributed by atoms with van der Waals surface area (Å²) < 4.78 is 38.7. The summed E-state index contributed by atoms with van der Waals surface area (Å²) >= 11 is 6.05. The number of benzene rings is 2. The Morgan fingerprint density at radius 2 is 1.97 bits per heavy atom. The number of halogens is 1. The van der Waals surface area contributed by atoms with E-state index in [-0.39, 0.29) is 53.1 Å². The van der Waals surface area contributed by atoms with Crippen LogP contribution in [0.5, 0.6) is 0 Å². The van der Waals surface area contributed by atoms with Crippen molar-refractivity contribution in [3.8, 4) is 0 Å². The molecule has 0 aliphatic carbocycles. The fourth-order valence-corrected chi connectivity index (χ4v) is 3.48. The Kier molecular flexibility index (Phi) is 8.68. The third-order valence-corrected chi connectivity index (χ3v) is 5.36. The second kappa shape index (κ2) is 10.6. The summed E-state index contributed by atoms with van der Waals surface area (Å²) in [7, 11) is -4.67. The van der Waals surface area contributed by atoms with Crippen molar-refractivity contribution in [2.24, 2.45) is 15.3 Å². The second-order valence-electron chi connectivity index (χ2n) is 6.33. The van der Waals surface area contributed by atoms with Gasteiger partial charge >= 0.3 is 35.5 Å². The van der Waals surface area contributed by atoms with Gasteiger partial charge in [-0.25, -0.2) is 13.2 Å². The molecule has 0 fully saturated rings. The molecule has 10 nitrogen and oxygen atoms in total. The van der Waals surface area contributed by atoms with Crippen molar-refractivity contribution >= 4 is 50.7 Å². The summed E-state index contributed by atoms with van der Waals surface area (Å²) in [5.41, 5.74) is 0.456. The molecule has 0 spiro atoms. The van der Waals surface area contributed by atoms with Gasteiger partial charge in [0, 0.05) is 0 Å². The maximum absolute atomic E-state index is 13.0. The zero-order valence-corrected chi connectivity index (χ0v) is 20.9. The number of aryl methyl sites for hydroxylation is 1. The molecule has 1 atom stereocenters. The minimum absolute atomic E-state index is 0. The van der Waals surface area contributed by atoms with Gasteiger partial charge < -0.3 is 9.29 Å². The SMILES string of the molecule is CCOC(=O)C1=NN(c2ccc(S(=O)(=O)[O-])cc2C)C(=O)C1N=Nc1ccccc1Cl.[Na+]. The monoisotopic (exact) mass is 486 g/mol. The van der Waals surface area contributed by atoms with Gasteiger partial charge in [-0.15, -0.1) is 0 Å². The number of azo groups is 1. The van der Waals surface area contributed by atoms with Crippen LogP contribution in [-0.4, -0.2) is 43.2 Å². The number of esters is 1. The molecular weight excluding hydrogens is 471 g/mol. The first-order valence-corrected chi connectivity index (χ1v) is 10.7. The third kappa shape index (κ3) is 5.61. The third-order valence-electron chi connectivity index (χ3n) is 4.21. The van der Waals surface area contributed by atoms with E-state index in [9.17, 15) is 22.6 Å². The zero-order valence-electron chi connectivity index (χ0n) is 17.4. The Balaban J connectivity index is 0.00000363. The molecule has 13 heteroatoms. The molecule has 162 valence electrons. The van der Waals surface area contributed by atoms with Crippen molar-refractivity contribution < 1.29 is 56.9 Å². The van der Waals surface area contributed by atoms with E-state index < -0.39 is 32.9 Å². The Bertz CT molecular complexity index is 1220. The number of amides is 1. The van der Waals surface area contributed by atoms with Crippen LogP contribution in [0.4, 0.5) is 11.4 Å². The van der Waals surface area contributed by atoms with E-state index >= 15 is 0 Å². The number of ether oxygens (including phenoxy) is 1. The van der Waals surface area contributed by atoms with E-state index in [1.807, 2.05) is 0 Å². The first-order chi connectivity index (χ1) is 14.6. The zero-order chi connectivity index (χ0) is 22.8. The maximum Gasteiger partial charge on any atom is 1.00 e. The fraction of sp³-hybridized carbons (Fsp3) is 0.211. The summed E-state index contributed by atoms with van der Waals surface area (Å²) in [6.07, 6.45) is 0. The smallest absolute Gasteiger partial charge is 0.744 e. The number of hydrogen-bond donors (Lipinski definition) is 0. The van der Waals surface area contributed by atoms with E-state index in [0.717, 1.165) is 17.1 Å². The van der Waals surface area contributed by atoms with Gasteiger partial charge in [-0.3, -0.25) is 4.79 Å². The molecule has 1 heterocycles. The Morgan fingerprint density at radius 1 is 1.28 bits per heavy atom. The molecule has 0 bridgehead atoms. The van der Waals surface area contributed by atoms with Crippen molar-refractivity contribution in [2.75, 3.05) is 11.6 Å². The minimum Gasteiger partial charge on any atom is -0.744 e. The second-order valence-corrected chi connectivity index (χ2v) is 8.11. The molecule has 2 aromatic carbocycles. The molecule has 0 N–H and O–H groups in total. The van der Waals surface area contributed by atoms with Crippen LogP contribution in [0, 0.1) is 6.92 Å². The van der Waals surface area contributed by atoms with Gasteiger partial charge in [-0.05, 0) is 49.7 Å². The molecule has 0 saturated carbocycles. The maximum atomic E-state index is 13.0. The molecular formula is C19H16ClN4NaO6S. The molecule has 0 aromatic heterocycles. The Morgan fingerprint density at radius 3 is 2.56 bits per heavy atom. The van der Waals surface area contributed by atoms with Crippen LogP contribution in [0.1, 0.15) is 12.5 Å². The molecule has 1 aliphatic rings. The summed E-state index contributed by atoms with van der Waals surface area (Å²) in [6, 6.07) is 8.57. The number of hydrazone groups is 1. The van der Waals surface area contributed by atoms with Crippen LogP contribution in [0.25, 0.3) is 0 Å². The van der Waals surface area contributed by atoms with Crippen LogP contribution >= 0.6 is 11.6 Å². The van der Waals surface area contributed by atoms with E-state index in [1.54, 1.807) is 31.2 Å². The van der Waals surface area contributed by atoms with Gasteiger partial charge in [0.2, 0.25) is 6.04 Å². The van der Waals surface area contributed by atoms with E-state index in [1.165, 1.54) is 13.0 Å². The Labute approximate surface area is 211 Å². The number of hydrogen-bond acceptors (Lipinski definition) is 9. The van der Waals surface area contributed by atoms with Crippen molar-refractivity contribution in [3.63, 3.8) is 0 Å². The number of nitrogens with zero attached hydrogens (tertiary/aromatic N) is 4. The predicted molar refractivity (Wildman–Crippen MR) is 110 cm³/mol. The summed E-state index contributed by atoms with van der Waals surface area (Å²) in [6.45, 7) is 3.14. The average Bonchev–Trinajstić information content (AvgIpc) is 3.03. The molecule has 1 aliphatic heterocycles. The summed E-state index contributed by atoms with van der Waals surface area (Å²) in [5, 5.41) is 13.2. The summed E-state index contributed by atoms with van der Waals surface area (Å²) in [5.74, 6) is -1.56. The number of rotatable bonds is 6. The van der Waals surface area contributed by atoms with E-state index in [4.69, 9.17) is 16.3 Å². The molecule has 0 saturated heterocycles. The van der Waals surface area contributed by atoms with Gasteiger partial charge in [0.15, 0.2) is 5.71 Å². The quantitative estimate of drug-likeness (QED) is 0.243. The number of carbonyl (C=O) groups is 2. The van der Waals surface area contributed by atoms with Crippen LogP contribution < -0.4 is 34.6 Å². The van der Waals surface area contributed by atoms with Gasteiger partial charge in [-0.2, -0.15) is 20.3 Å². The molecule has 2 aromatic rings. The van der Waals surface area contributed by atoms with Crippen LogP contribution in [-0.2, 0) is 24.4 Å². The largest absolute Gasteiger partial charge is 1.00 e. The average molecular weight is 487 g/mol. The fourth-order valence-electron chi connectivity index (χ4n) is 2.75. The van der Waals surface area contributed by atoms with E-state index in [2.05, 4.69) is 15.3 Å². The van der Waals surface area contributed by atoms with Crippen molar-refractivity contribution in [1.82, 2.24) is 0 Å². The molecule has 0 radical (unpaired) electrons. The predicted octanol–water partition coefficient (Wildman–Crippen LogP) is -0.0253. The summed E-state index contributed by atoms with van der Waals surface area (Å²) in [4.78, 5) is 24.9. The normalized spacial score (nSPS) is 16.1. The van der Waals surface area contributed by atoms with Crippen molar-refractivity contribution in [3.05, 3.63) is 53.1 Å². The molecule has 3 rings (SSSR count).